The molecule has 120 valence electrons. The van der Waals surface area contributed by atoms with Crippen LogP contribution >= 0.6 is 0 Å². The van der Waals surface area contributed by atoms with Crippen LogP contribution in [0.4, 0.5) is 0 Å². The molecule has 1 atom stereocenters. The van der Waals surface area contributed by atoms with Gasteiger partial charge in [-0.1, -0.05) is 6.42 Å². The number of rotatable bonds is 3. The molecule has 0 aliphatic carbocycles. The van der Waals surface area contributed by atoms with Crippen LogP contribution in [0.15, 0.2) is 24.7 Å². The van der Waals surface area contributed by atoms with Gasteiger partial charge in [-0.2, -0.15) is 5.10 Å². The highest BCUT2D eigenvalue weighted by Crippen LogP contribution is 2.32. The van der Waals surface area contributed by atoms with Crippen molar-refractivity contribution < 1.29 is 0 Å². The van der Waals surface area contributed by atoms with Crippen molar-refractivity contribution in [3.05, 3.63) is 47.3 Å². The number of likely N-dealkylation sites (tertiary alicyclic amines) is 1. The van der Waals surface area contributed by atoms with Crippen LogP contribution in [0, 0.1) is 13.8 Å². The third kappa shape index (κ3) is 2.63. The summed E-state index contributed by atoms with van der Waals surface area (Å²) in [5, 5.41) is 7.19. The van der Waals surface area contributed by atoms with Gasteiger partial charge in [0.1, 0.15) is 0 Å². The van der Waals surface area contributed by atoms with Gasteiger partial charge in [-0.05, 0) is 39.3 Å². The smallest absolute Gasteiger partial charge is 0.234 e. The number of imidazole rings is 1. The highest BCUT2D eigenvalue weighted by Gasteiger charge is 2.26. The Morgan fingerprint density at radius 3 is 3.04 bits per heavy atom. The molecule has 0 aromatic carbocycles. The quantitative estimate of drug-likeness (QED) is 0.808. The predicted molar refractivity (Wildman–Crippen MR) is 88.1 cm³/mol. The molecule has 4 heterocycles. The van der Waals surface area contributed by atoms with Crippen molar-refractivity contribution in [3.63, 3.8) is 0 Å². The first-order chi connectivity index (χ1) is 11.2. The number of hydrogen-bond acceptors (Lipinski definition) is 4. The van der Waals surface area contributed by atoms with Gasteiger partial charge in [0.2, 0.25) is 5.78 Å². The second kappa shape index (κ2) is 5.77. The number of aromatic amines is 1. The molecule has 1 N–H and O–H groups in total. The lowest BCUT2D eigenvalue weighted by Gasteiger charge is -2.35. The van der Waals surface area contributed by atoms with Gasteiger partial charge >= 0.3 is 0 Å². The predicted octanol–water partition coefficient (Wildman–Crippen LogP) is 2.80. The standard InChI is InChI=1S/C17H22N6/c1-12-9-15(20-17-18-6-8-23(12)17)16-5-3-4-7-22(16)11-14-10-19-21-13(14)2/h6,8-10,16H,3-5,7,11H2,1-2H3,(H,19,21)/t16-/m0/s1. The zero-order valence-corrected chi connectivity index (χ0v) is 13.7. The maximum Gasteiger partial charge on any atom is 0.234 e. The van der Waals surface area contributed by atoms with Crippen molar-refractivity contribution in [2.45, 2.75) is 45.7 Å². The highest BCUT2D eigenvalue weighted by atomic mass is 15.2. The number of nitrogens with one attached hydrogen (secondary N) is 1. The third-order valence-electron chi connectivity index (χ3n) is 4.85. The van der Waals surface area contributed by atoms with E-state index in [0.717, 1.165) is 36.7 Å². The summed E-state index contributed by atoms with van der Waals surface area (Å²) in [6.07, 6.45) is 9.38. The fourth-order valence-electron chi connectivity index (χ4n) is 3.52. The molecule has 1 fully saturated rings. The van der Waals surface area contributed by atoms with E-state index in [1.165, 1.54) is 24.1 Å². The minimum atomic E-state index is 0.360. The second-order valence-corrected chi connectivity index (χ2v) is 6.42. The molecule has 6 heteroatoms. The lowest BCUT2D eigenvalue weighted by atomic mass is 9.98. The number of aromatic nitrogens is 5. The van der Waals surface area contributed by atoms with E-state index >= 15 is 0 Å². The number of hydrogen-bond donors (Lipinski definition) is 1. The SMILES string of the molecule is Cc1[nH]ncc1CN1CCCC[C@H]1c1cc(C)n2ccnc2n1. The Labute approximate surface area is 135 Å². The lowest BCUT2D eigenvalue weighted by molar-refractivity contribution is 0.137. The average Bonchev–Trinajstić information content (AvgIpc) is 3.18. The van der Waals surface area contributed by atoms with Crippen LogP contribution in [0.1, 0.15) is 47.9 Å². The van der Waals surface area contributed by atoms with Crippen LogP contribution in [-0.2, 0) is 6.54 Å². The molecule has 3 aromatic heterocycles. The van der Waals surface area contributed by atoms with Gasteiger partial charge < -0.3 is 0 Å². The summed E-state index contributed by atoms with van der Waals surface area (Å²) in [4.78, 5) is 11.7. The zero-order valence-electron chi connectivity index (χ0n) is 13.7. The molecular weight excluding hydrogens is 288 g/mol. The van der Waals surface area contributed by atoms with E-state index in [9.17, 15) is 0 Å². The number of H-pyrrole nitrogens is 1. The number of fused-ring (bicyclic) bond motifs is 1. The van der Waals surface area contributed by atoms with Crippen molar-refractivity contribution in [2.75, 3.05) is 6.54 Å². The Kier molecular flexibility index (Phi) is 3.61. The number of piperidine rings is 1. The van der Waals surface area contributed by atoms with Gasteiger partial charge in [0, 0.05) is 35.9 Å². The normalized spacial score (nSPS) is 19.5. The summed E-state index contributed by atoms with van der Waals surface area (Å²) < 4.78 is 2.04. The van der Waals surface area contributed by atoms with E-state index in [0.29, 0.717) is 6.04 Å². The zero-order chi connectivity index (χ0) is 15.8. The maximum atomic E-state index is 4.81. The minimum absolute atomic E-state index is 0.360. The van der Waals surface area contributed by atoms with Crippen LogP contribution in [0.2, 0.25) is 0 Å². The van der Waals surface area contributed by atoms with E-state index in [-0.39, 0.29) is 0 Å². The summed E-state index contributed by atoms with van der Waals surface area (Å²) in [6, 6.07) is 2.57. The van der Waals surface area contributed by atoms with Crippen molar-refractivity contribution in [1.29, 1.82) is 0 Å². The molecule has 0 unspecified atom stereocenters. The van der Waals surface area contributed by atoms with Crippen LogP contribution in [-0.4, -0.2) is 36.0 Å². The fourth-order valence-corrected chi connectivity index (χ4v) is 3.52. The first kappa shape index (κ1) is 14.4. The van der Waals surface area contributed by atoms with Gasteiger partial charge in [-0.3, -0.25) is 14.4 Å². The van der Waals surface area contributed by atoms with Crippen LogP contribution in [0.3, 0.4) is 0 Å². The topological polar surface area (TPSA) is 62.1 Å². The fraction of sp³-hybridized carbons (Fsp3) is 0.471. The van der Waals surface area contributed by atoms with Gasteiger partial charge in [0.15, 0.2) is 0 Å². The summed E-state index contributed by atoms with van der Waals surface area (Å²) in [5.41, 5.74) is 4.76. The maximum absolute atomic E-state index is 4.81. The lowest BCUT2D eigenvalue weighted by Crippen LogP contribution is -2.33. The van der Waals surface area contributed by atoms with Gasteiger partial charge in [0.25, 0.3) is 0 Å². The molecule has 23 heavy (non-hydrogen) atoms. The Bertz CT molecular complexity index is 817. The summed E-state index contributed by atoms with van der Waals surface area (Å²) in [6.45, 7) is 6.23. The Balaban J connectivity index is 1.67. The Morgan fingerprint density at radius 1 is 1.30 bits per heavy atom. The summed E-state index contributed by atoms with van der Waals surface area (Å²) in [7, 11) is 0. The number of nitrogens with zero attached hydrogens (tertiary/aromatic N) is 5. The Morgan fingerprint density at radius 2 is 2.22 bits per heavy atom. The van der Waals surface area contributed by atoms with Gasteiger partial charge in [0.05, 0.1) is 17.9 Å². The molecule has 1 aliphatic rings. The first-order valence-corrected chi connectivity index (χ1v) is 8.26. The van der Waals surface area contributed by atoms with Crippen molar-refractivity contribution in [3.8, 4) is 0 Å². The van der Waals surface area contributed by atoms with Crippen LogP contribution in [0.5, 0.6) is 0 Å². The van der Waals surface area contributed by atoms with E-state index in [1.54, 1.807) is 0 Å². The molecule has 0 radical (unpaired) electrons. The average molecular weight is 310 g/mol. The van der Waals surface area contributed by atoms with E-state index in [1.807, 2.05) is 23.0 Å². The van der Waals surface area contributed by atoms with E-state index in [4.69, 9.17) is 4.98 Å². The molecule has 0 bridgehead atoms. The second-order valence-electron chi connectivity index (χ2n) is 6.42. The van der Waals surface area contributed by atoms with Crippen LogP contribution in [0.25, 0.3) is 5.78 Å². The largest absolute Gasteiger partial charge is 0.290 e. The van der Waals surface area contributed by atoms with Gasteiger partial charge in [-0.15, -0.1) is 0 Å². The number of aryl methyl sites for hydroxylation is 2. The molecule has 3 aromatic rings. The molecule has 4 rings (SSSR count). The van der Waals surface area contributed by atoms with Gasteiger partial charge in [-0.25, -0.2) is 9.97 Å². The van der Waals surface area contributed by atoms with E-state index < -0.39 is 0 Å². The molecule has 1 aliphatic heterocycles. The Hall–Kier alpha value is -2.21. The van der Waals surface area contributed by atoms with Crippen molar-refractivity contribution in [1.82, 2.24) is 29.5 Å². The van der Waals surface area contributed by atoms with E-state index in [2.05, 4.69) is 40.0 Å². The van der Waals surface area contributed by atoms with Crippen LogP contribution < -0.4 is 0 Å². The molecule has 6 nitrogen and oxygen atoms in total. The summed E-state index contributed by atoms with van der Waals surface area (Å²) in [5.74, 6) is 0.796. The molecule has 1 saturated heterocycles. The van der Waals surface area contributed by atoms with Crippen molar-refractivity contribution in [2.24, 2.45) is 0 Å². The summed E-state index contributed by atoms with van der Waals surface area (Å²) >= 11 is 0. The minimum Gasteiger partial charge on any atom is -0.290 e. The molecule has 0 amide bonds. The molecular formula is C17H22N6. The third-order valence-corrected chi connectivity index (χ3v) is 4.85. The monoisotopic (exact) mass is 310 g/mol. The van der Waals surface area contributed by atoms with Crippen molar-refractivity contribution >= 4 is 5.78 Å². The highest BCUT2D eigenvalue weighted by molar-refractivity contribution is 5.33. The molecule has 0 spiro atoms. The first-order valence-electron chi connectivity index (χ1n) is 8.26. The molecule has 0 saturated carbocycles.